The second-order valence-electron chi connectivity index (χ2n) is 6.10. The Bertz CT molecular complexity index is 992. The molecule has 29 heavy (non-hydrogen) atoms. The molecule has 2 aromatic carbocycles. The van der Waals surface area contributed by atoms with Gasteiger partial charge in [0.25, 0.3) is 5.91 Å². The van der Waals surface area contributed by atoms with E-state index in [1.54, 1.807) is 42.5 Å². The molecule has 0 radical (unpaired) electrons. The molecule has 8 heteroatoms. The number of aromatic nitrogens is 2. The number of carbonyl (C=O) groups is 2. The monoisotopic (exact) mass is 394 g/mol. The summed E-state index contributed by atoms with van der Waals surface area (Å²) in [5, 5.41) is 13.6. The molecule has 2 N–H and O–H groups in total. The summed E-state index contributed by atoms with van der Waals surface area (Å²) in [6, 6.07) is 16.0. The molecule has 1 heterocycles. The van der Waals surface area contributed by atoms with E-state index in [-0.39, 0.29) is 17.1 Å². The van der Waals surface area contributed by atoms with E-state index in [0.717, 1.165) is 5.56 Å². The molecule has 1 aromatic heterocycles. The Kier molecular flexibility index (Phi) is 6.47. The first kappa shape index (κ1) is 19.9. The van der Waals surface area contributed by atoms with Crippen LogP contribution in [-0.4, -0.2) is 35.7 Å². The number of carbonyl (C=O) groups excluding carboxylic acids is 2. The van der Waals surface area contributed by atoms with Crippen molar-refractivity contribution in [1.29, 1.82) is 0 Å². The number of hydrogen-bond acceptors (Lipinski definition) is 6. The predicted molar refractivity (Wildman–Crippen MR) is 106 cm³/mol. The van der Waals surface area contributed by atoms with E-state index in [1.165, 1.54) is 25.3 Å². The van der Waals surface area contributed by atoms with Crippen molar-refractivity contribution >= 4 is 23.4 Å². The Labute approximate surface area is 166 Å². The molecule has 0 unspecified atom stereocenters. The van der Waals surface area contributed by atoms with Crippen molar-refractivity contribution in [2.45, 2.75) is 6.42 Å². The first-order valence-electron chi connectivity index (χ1n) is 8.87. The molecule has 148 valence electrons. The quantitative estimate of drug-likeness (QED) is 0.597. The minimum Gasteiger partial charge on any atom is -0.465 e. The molecule has 0 bridgehead atoms. The molecular weight excluding hydrogens is 375 g/mol. The number of benzene rings is 2. The second kappa shape index (κ2) is 9.41. The third-order valence-electron chi connectivity index (χ3n) is 4.11. The molecule has 0 atom stereocenters. The maximum Gasteiger partial charge on any atom is 0.339 e. The van der Waals surface area contributed by atoms with Gasteiger partial charge in [0, 0.05) is 6.54 Å². The Morgan fingerprint density at radius 3 is 2.45 bits per heavy atom. The van der Waals surface area contributed by atoms with Gasteiger partial charge in [0.2, 0.25) is 0 Å². The second-order valence-corrected chi connectivity index (χ2v) is 6.10. The van der Waals surface area contributed by atoms with E-state index >= 15 is 0 Å². The molecule has 7 nitrogen and oxygen atoms in total. The number of para-hydroxylation sites is 1. The number of nitrogens with one attached hydrogen (secondary N) is 2. The molecule has 0 aliphatic rings. The normalized spacial score (nSPS) is 10.3. The summed E-state index contributed by atoms with van der Waals surface area (Å²) < 4.78 is 17.6. The minimum absolute atomic E-state index is 0.105. The maximum atomic E-state index is 12.9. The summed E-state index contributed by atoms with van der Waals surface area (Å²) in [5.41, 5.74) is 1.67. The van der Waals surface area contributed by atoms with Crippen molar-refractivity contribution in [3.05, 3.63) is 83.3 Å². The van der Waals surface area contributed by atoms with Crippen LogP contribution < -0.4 is 10.6 Å². The fourth-order valence-corrected chi connectivity index (χ4v) is 2.60. The van der Waals surface area contributed by atoms with E-state index in [9.17, 15) is 14.0 Å². The zero-order valence-corrected chi connectivity index (χ0v) is 15.7. The van der Waals surface area contributed by atoms with Gasteiger partial charge in [0.1, 0.15) is 11.6 Å². The highest BCUT2D eigenvalue weighted by atomic mass is 19.1. The van der Waals surface area contributed by atoms with E-state index in [2.05, 4.69) is 20.8 Å². The number of anilines is 2. The van der Waals surface area contributed by atoms with Gasteiger partial charge >= 0.3 is 5.97 Å². The number of rotatable bonds is 7. The Morgan fingerprint density at radius 2 is 1.76 bits per heavy atom. The number of halogens is 1. The molecule has 0 saturated heterocycles. The number of hydrogen-bond donors (Lipinski definition) is 2. The lowest BCUT2D eigenvalue weighted by atomic mass is 10.1. The molecule has 3 aromatic rings. The van der Waals surface area contributed by atoms with Gasteiger partial charge in [-0.25, -0.2) is 9.18 Å². The van der Waals surface area contributed by atoms with Crippen molar-refractivity contribution in [1.82, 2.24) is 10.2 Å². The lowest BCUT2D eigenvalue weighted by Crippen LogP contribution is -2.17. The van der Waals surface area contributed by atoms with Crippen LogP contribution in [0.5, 0.6) is 0 Å². The molecule has 1 amide bonds. The molecule has 3 rings (SSSR count). The first-order valence-corrected chi connectivity index (χ1v) is 8.87. The molecule has 0 aliphatic carbocycles. The van der Waals surface area contributed by atoms with Gasteiger partial charge in [0.15, 0.2) is 5.69 Å². The van der Waals surface area contributed by atoms with E-state index in [0.29, 0.717) is 24.5 Å². The van der Waals surface area contributed by atoms with Gasteiger partial charge in [-0.15, -0.1) is 10.2 Å². The molecule has 0 spiro atoms. The number of methoxy groups -OCH3 is 1. The largest absolute Gasteiger partial charge is 0.465 e. The third-order valence-corrected chi connectivity index (χ3v) is 4.11. The Morgan fingerprint density at radius 1 is 1.00 bits per heavy atom. The average molecular weight is 394 g/mol. The predicted octanol–water partition coefficient (Wildman–Crippen LogP) is 3.31. The lowest BCUT2D eigenvalue weighted by molar-refractivity contribution is 0.0602. The highest BCUT2D eigenvalue weighted by molar-refractivity contribution is 6.07. The van der Waals surface area contributed by atoms with E-state index in [4.69, 9.17) is 4.74 Å². The van der Waals surface area contributed by atoms with Crippen LogP contribution in [0.1, 0.15) is 26.4 Å². The van der Waals surface area contributed by atoms with Crippen LogP contribution in [0.3, 0.4) is 0 Å². The van der Waals surface area contributed by atoms with Crippen LogP contribution in [0, 0.1) is 5.82 Å². The highest BCUT2D eigenvalue weighted by Gasteiger charge is 2.15. The number of nitrogens with zero attached hydrogens (tertiary/aromatic N) is 2. The SMILES string of the molecule is COC(=O)c1ccccc1NC(=O)c1ccc(NCCc2ccc(F)cc2)nn1. The smallest absolute Gasteiger partial charge is 0.339 e. The summed E-state index contributed by atoms with van der Waals surface area (Å²) >= 11 is 0. The highest BCUT2D eigenvalue weighted by Crippen LogP contribution is 2.17. The molecule has 0 saturated carbocycles. The zero-order chi connectivity index (χ0) is 20.6. The van der Waals surface area contributed by atoms with Gasteiger partial charge in [-0.3, -0.25) is 4.79 Å². The minimum atomic E-state index is -0.548. The van der Waals surface area contributed by atoms with Gasteiger partial charge < -0.3 is 15.4 Å². The average Bonchev–Trinajstić information content (AvgIpc) is 2.75. The summed E-state index contributed by atoms with van der Waals surface area (Å²) in [6.45, 7) is 0.582. The first-order chi connectivity index (χ1) is 14.1. The third kappa shape index (κ3) is 5.35. The van der Waals surface area contributed by atoms with Gasteiger partial charge in [-0.1, -0.05) is 24.3 Å². The zero-order valence-electron chi connectivity index (χ0n) is 15.7. The van der Waals surface area contributed by atoms with Crippen LogP contribution in [0.15, 0.2) is 60.7 Å². The fourth-order valence-electron chi connectivity index (χ4n) is 2.60. The Balaban J connectivity index is 1.58. The molecule has 0 aliphatic heterocycles. The van der Waals surface area contributed by atoms with Crippen molar-refractivity contribution in [3.63, 3.8) is 0 Å². The number of esters is 1. The lowest BCUT2D eigenvalue weighted by Gasteiger charge is -2.09. The van der Waals surface area contributed by atoms with Crippen molar-refractivity contribution in [2.24, 2.45) is 0 Å². The summed E-state index contributed by atoms with van der Waals surface area (Å²) in [7, 11) is 1.27. The van der Waals surface area contributed by atoms with Crippen molar-refractivity contribution in [2.75, 3.05) is 24.3 Å². The Hall–Kier alpha value is -3.81. The van der Waals surface area contributed by atoms with Crippen LogP contribution >= 0.6 is 0 Å². The fraction of sp³-hybridized carbons (Fsp3) is 0.143. The maximum absolute atomic E-state index is 12.9. The standard InChI is InChI=1S/C21H19FN4O3/c1-29-21(28)16-4-2-3-5-17(16)24-20(27)18-10-11-19(26-25-18)23-13-12-14-6-8-15(22)9-7-14/h2-11H,12-13H2,1H3,(H,23,26)(H,24,27). The van der Waals surface area contributed by atoms with Crippen LogP contribution in [0.2, 0.25) is 0 Å². The topological polar surface area (TPSA) is 93.2 Å². The molecular formula is C21H19FN4O3. The number of ether oxygens (including phenoxy) is 1. The van der Waals surface area contributed by atoms with Gasteiger partial charge in [0.05, 0.1) is 18.4 Å². The van der Waals surface area contributed by atoms with Crippen LogP contribution in [0.25, 0.3) is 0 Å². The summed E-state index contributed by atoms with van der Waals surface area (Å²) in [6.07, 6.45) is 0.689. The van der Waals surface area contributed by atoms with Crippen LogP contribution in [0.4, 0.5) is 15.9 Å². The van der Waals surface area contributed by atoms with Gasteiger partial charge in [-0.2, -0.15) is 0 Å². The summed E-state index contributed by atoms with van der Waals surface area (Å²) in [4.78, 5) is 24.2. The van der Waals surface area contributed by atoms with Crippen molar-refractivity contribution in [3.8, 4) is 0 Å². The van der Waals surface area contributed by atoms with Crippen molar-refractivity contribution < 1.29 is 18.7 Å². The van der Waals surface area contributed by atoms with E-state index in [1.807, 2.05) is 0 Å². The van der Waals surface area contributed by atoms with Gasteiger partial charge in [-0.05, 0) is 48.4 Å². The van der Waals surface area contributed by atoms with Crippen LogP contribution in [-0.2, 0) is 11.2 Å². The number of amides is 1. The van der Waals surface area contributed by atoms with E-state index < -0.39 is 11.9 Å². The molecule has 0 fully saturated rings. The summed E-state index contributed by atoms with van der Waals surface area (Å²) in [5.74, 6) is -0.798.